The van der Waals surface area contributed by atoms with Gasteiger partial charge in [0.1, 0.15) is 5.78 Å². The fraction of sp³-hybridized carbons (Fsp3) is 0.789. The first-order valence-electron chi connectivity index (χ1n) is 8.80. The molecule has 2 unspecified atom stereocenters. The van der Waals surface area contributed by atoms with E-state index in [1.54, 1.807) is 6.08 Å². The Morgan fingerprint density at radius 3 is 2.73 bits per heavy atom. The van der Waals surface area contributed by atoms with Gasteiger partial charge in [0.2, 0.25) is 0 Å². The number of ketones is 2. The number of aliphatic hydroxyl groups excluding tert-OH is 1. The third-order valence-electron chi connectivity index (χ3n) is 7.69. The number of allylic oxidation sites excluding steroid dienone is 2. The quantitative estimate of drug-likeness (QED) is 0.748. The molecule has 0 spiro atoms. The maximum Gasteiger partial charge on any atom is 0.155 e. The van der Waals surface area contributed by atoms with E-state index in [0.29, 0.717) is 42.8 Å². The lowest BCUT2D eigenvalue weighted by molar-refractivity contribution is -0.155. The molecule has 4 aliphatic rings. The summed E-state index contributed by atoms with van der Waals surface area (Å²) in [5.74, 6) is 2.02. The summed E-state index contributed by atoms with van der Waals surface area (Å²) < 4.78 is 0. The normalized spacial score (nSPS) is 53.9. The fourth-order valence-corrected chi connectivity index (χ4v) is 6.53. The van der Waals surface area contributed by atoms with Gasteiger partial charge in [0.25, 0.3) is 0 Å². The molecular formula is C19H26O3. The SMILES string of the molecule is C[C@]12C=CC(=O)CC1CC[C@@H]1[C@H]2C(O)C[C@]2(C)C(=O)CC[C@@H]12. The monoisotopic (exact) mass is 302 g/mol. The summed E-state index contributed by atoms with van der Waals surface area (Å²) in [5, 5.41) is 10.9. The van der Waals surface area contributed by atoms with Gasteiger partial charge >= 0.3 is 0 Å². The average Bonchev–Trinajstić information content (AvgIpc) is 2.75. The number of hydrogen-bond donors (Lipinski definition) is 1. The minimum Gasteiger partial charge on any atom is -0.393 e. The second kappa shape index (κ2) is 4.53. The van der Waals surface area contributed by atoms with Crippen molar-refractivity contribution in [3.05, 3.63) is 12.2 Å². The Kier molecular flexibility index (Phi) is 3.01. The van der Waals surface area contributed by atoms with Crippen LogP contribution in [0.2, 0.25) is 0 Å². The van der Waals surface area contributed by atoms with Crippen LogP contribution < -0.4 is 0 Å². The smallest absolute Gasteiger partial charge is 0.155 e. The molecule has 1 N–H and O–H groups in total. The van der Waals surface area contributed by atoms with Gasteiger partial charge in [-0.15, -0.1) is 0 Å². The Morgan fingerprint density at radius 1 is 1.18 bits per heavy atom. The first-order valence-corrected chi connectivity index (χ1v) is 8.80. The van der Waals surface area contributed by atoms with Crippen LogP contribution in [0.25, 0.3) is 0 Å². The van der Waals surface area contributed by atoms with E-state index < -0.39 is 6.10 Å². The lowest BCUT2D eigenvalue weighted by Crippen LogP contribution is -2.58. The Morgan fingerprint density at radius 2 is 1.95 bits per heavy atom. The Bertz CT molecular complexity index is 565. The highest BCUT2D eigenvalue weighted by molar-refractivity contribution is 5.91. The first-order chi connectivity index (χ1) is 10.4. The van der Waals surface area contributed by atoms with Gasteiger partial charge in [0.05, 0.1) is 6.10 Å². The molecule has 3 saturated carbocycles. The van der Waals surface area contributed by atoms with E-state index in [1.165, 1.54) is 0 Å². The second-order valence-electron chi connectivity index (χ2n) is 8.59. The molecule has 0 aromatic heterocycles. The van der Waals surface area contributed by atoms with Crippen LogP contribution in [0.4, 0.5) is 0 Å². The summed E-state index contributed by atoms with van der Waals surface area (Å²) in [5.41, 5.74) is -0.388. The number of rotatable bonds is 0. The number of carbonyl (C=O) groups is 2. The van der Waals surface area contributed by atoms with Crippen molar-refractivity contribution in [1.29, 1.82) is 0 Å². The van der Waals surface area contributed by atoms with Crippen LogP contribution in [-0.2, 0) is 9.59 Å². The molecular weight excluding hydrogens is 276 g/mol. The zero-order valence-corrected chi connectivity index (χ0v) is 13.5. The van der Waals surface area contributed by atoms with E-state index in [-0.39, 0.29) is 22.5 Å². The predicted molar refractivity (Wildman–Crippen MR) is 83.0 cm³/mol. The van der Waals surface area contributed by atoms with Crippen molar-refractivity contribution in [2.24, 2.45) is 34.5 Å². The number of aliphatic hydroxyl groups is 1. The van der Waals surface area contributed by atoms with Crippen LogP contribution >= 0.6 is 0 Å². The summed E-state index contributed by atoms with van der Waals surface area (Å²) >= 11 is 0. The molecule has 0 heterocycles. The maximum atomic E-state index is 12.4. The lowest BCUT2D eigenvalue weighted by Gasteiger charge is -2.59. The number of Topliss-reactive ketones (excluding diaryl/α,β-unsaturated/α-hetero) is 1. The van der Waals surface area contributed by atoms with Gasteiger partial charge in [0.15, 0.2) is 5.78 Å². The van der Waals surface area contributed by atoms with Crippen molar-refractivity contribution in [3.63, 3.8) is 0 Å². The van der Waals surface area contributed by atoms with Crippen molar-refractivity contribution in [2.75, 3.05) is 0 Å². The molecule has 3 heteroatoms. The standard InChI is InChI=1S/C19H26O3/c1-18-8-7-12(20)9-11(18)3-4-13-14-5-6-16(22)19(14,2)10-15(21)17(13)18/h7-8,11,13-15,17,21H,3-6,9-10H2,1-2H3/t11?,13-,14-,15?,17-,18-,19-/m0/s1. The topological polar surface area (TPSA) is 54.4 Å². The van der Waals surface area contributed by atoms with Crippen molar-refractivity contribution in [3.8, 4) is 0 Å². The molecule has 7 atom stereocenters. The molecule has 3 fully saturated rings. The molecule has 4 aliphatic carbocycles. The zero-order chi connectivity index (χ0) is 15.7. The second-order valence-corrected chi connectivity index (χ2v) is 8.59. The molecule has 0 aromatic carbocycles. The summed E-state index contributed by atoms with van der Waals surface area (Å²) in [6.07, 6.45) is 8.45. The maximum absolute atomic E-state index is 12.4. The zero-order valence-electron chi connectivity index (χ0n) is 13.5. The average molecular weight is 302 g/mol. The van der Waals surface area contributed by atoms with Gasteiger partial charge in [-0.25, -0.2) is 0 Å². The first kappa shape index (κ1) is 14.6. The van der Waals surface area contributed by atoms with Gasteiger partial charge in [0, 0.05) is 18.3 Å². The third kappa shape index (κ3) is 1.72. The highest BCUT2D eigenvalue weighted by Crippen LogP contribution is 2.64. The molecule has 120 valence electrons. The molecule has 0 aliphatic heterocycles. The van der Waals surface area contributed by atoms with Crippen LogP contribution in [0.1, 0.15) is 52.4 Å². The van der Waals surface area contributed by atoms with Gasteiger partial charge in [-0.05, 0) is 60.8 Å². The van der Waals surface area contributed by atoms with Crippen molar-refractivity contribution < 1.29 is 14.7 Å². The van der Waals surface area contributed by atoms with Gasteiger partial charge in [-0.3, -0.25) is 9.59 Å². The number of carbonyl (C=O) groups excluding carboxylic acids is 2. The molecule has 3 nitrogen and oxygen atoms in total. The van der Waals surface area contributed by atoms with E-state index in [1.807, 2.05) is 0 Å². The largest absolute Gasteiger partial charge is 0.393 e. The van der Waals surface area contributed by atoms with E-state index in [9.17, 15) is 14.7 Å². The summed E-state index contributed by atoms with van der Waals surface area (Å²) in [6, 6.07) is 0. The molecule has 0 radical (unpaired) electrons. The van der Waals surface area contributed by atoms with Crippen molar-refractivity contribution in [2.45, 2.75) is 58.5 Å². The summed E-state index contributed by atoms with van der Waals surface area (Å²) in [6.45, 7) is 4.32. The minimum absolute atomic E-state index is 0.0801. The summed E-state index contributed by atoms with van der Waals surface area (Å²) in [7, 11) is 0. The van der Waals surface area contributed by atoms with Gasteiger partial charge in [-0.2, -0.15) is 0 Å². The number of hydrogen-bond acceptors (Lipinski definition) is 3. The van der Waals surface area contributed by atoms with E-state index >= 15 is 0 Å². The van der Waals surface area contributed by atoms with E-state index in [0.717, 1.165) is 19.3 Å². The van der Waals surface area contributed by atoms with E-state index in [4.69, 9.17) is 0 Å². The van der Waals surface area contributed by atoms with Crippen molar-refractivity contribution >= 4 is 11.6 Å². The number of fused-ring (bicyclic) bond motifs is 5. The van der Waals surface area contributed by atoms with Crippen LogP contribution in [0.5, 0.6) is 0 Å². The third-order valence-corrected chi connectivity index (χ3v) is 7.69. The highest BCUT2D eigenvalue weighted by Gasteiger charge is 2.62. The van der Waals surface area contributed by atoms with Crippen LogP contribution in [0, 0.1) is 34.5 Å². The van der Waals surface area contributed by atoms with Crippen LogP contribution in [-0.4, -0.2) is 22.8 Å². The van der Waals surface area contributed by atoms with Gasteiger partial charge < -0.3 is 5.11 Å². The van der Waals surface area contributed by atoms with Crippen LogP contribution in [0.15, 0.2) is 12.2 Å². The Hall–Kier alpha value is -0.960. The lowest BCUT2D eigenvalue weighted by atomic mass is 9.45. The van der Waals surface area contributed by atoms with E-state index in [2.05, 4.69) is 19.9 Å². The highest BCUT2D eigenvalue weighted by atomic mass is 16.3. The van der Waals surface area contributed by atoms with Crippen LogP contribution in [0.3, 0.4) is 0 Å². The Labute approximate surface area is 132 Å². The van der Waals surface area contributed by atoms with Crippen molar-refractivity contribution in [1.82, 2.24) is 0 Å². The molecule has 4 rings (SSSR count). The Balaban J connectivity index is 1.75. The molecule has 0 amide bonds. The van der Waals surface area contributed by atoms with Gasteiger partial charge in [-0.1, -0.05) is 19.9 Å². The molecule has 0 saturated heterocycles. The summed E-state index contributed by atoms with van der Waals surface area (Å²) in [4.78, 5) is 24.2. The minimum atomic E-state index is -0.418. The predicted octanol–water partition coefficient (Wildman–Crippen LogP) is 2.91. The molecule has 0 aromatic rings. The molecule has 22 heavy (non-hydrogen) atoms. The molecule has 0 bridgehead atoms. The fourth-order valence-electron chi connectivity index (χ4n) is 6.53.